The smallest absolute Gasteiger partial charge is 0.343 e. The molecule has 0 aliphatic rings. The molecule has 0 aliphatic carbocycles. The summed E-state index contributed by atoms with van der Waals surface area (Å²) >= 11 is 0. The Morgan fingerprint density at radius 3 is 0.282 bits per heavy atom. The molecule has 39 heavy (non-hydrogen) atoms. The molecule has 0 amide bonds. The molecule has 0 nitrogen and oxygen atoms in total. The van der Waals surface area contributed by atoms with Crippen LogP contribution < -0.4 is 0 Å². The van der Waals surface area contributed by atoms with Crippen LogP contribution in [-0.4, -0.2) is 0 Å². The van der Waals surface area contributed by atoms with E-state index in [4.69, 9.17) is 0 Å². The van der Waals surface area contributed by atoms with E-state index >= 15 is 0 Å². The molecule has 0 unspecified atom stereocenters. The van der Waals surface area contributed by atoms with Crippen molar-refractivity contribution in [2.24, 2.45) is 0 Å². The van der Waals surface area contributed by atoms with Crippen molar-refractivity contribution in [1.29, 1.82) is 0 Å². The second kappa shape index (κ2) is 180. The third-order valence-electron chi connectivity index (χ3n) is 2.83. The maximum atomic E-state index is 3.60. The van der Waals surface area contributed by atoms with Gasteiger partial charge in [0, 0.05) is 21.7 Å². The van der Waals surface area contributed by atoms with Gasteiger partial charge in [0.25, 0.3) is 0 Å². The average molecular weight is 746 g/mol. The van der Waals surface area contributed by atoms with Gasteiger partial charge in [-0.05, 0) is 0 Å². The van der Waals surface area contributed by atoms with E-state index in [2.05, 4.69) is 111 Å². The molecule has 0 bridgehead atoms. The summed E-state index contributed by atoms with van der Waals surface area (Å²) in [5, 5.41) is 0. The first kappa shape index (κ1) is 96.8. The SMILES string of the molecule is Cl.Cl.Cl.Cl.[CH2-]CCC.[CH2-]CCC.[CH2-]CCC.[CH2-]CCC.[CH2-]CCC.[CH2-]CCC.[CH2-]CCC.[CH2-]CCC.[Ti+4].[Ti+4].[Ti]. The molecule has 7 heteroatoms. The van der Waals surface area contributed by atoms with Crippen molar-refractivity contribution in [3.8, 4) is 0 Å². The van der Waals surface area contributed by atoms with Crippen molar-refractivity contribution in [2.45, 2.75) is 158 Å². The number of halogens is 4. The van der Waals surface area contributed by atoms with Crippen LogP contribution in [0.4, 0.5) is 0 Å². The Kier molecular flexibility index (Phi) is 447. The second-order valence-electron chi connectivity index (χ2n) is 6.83. The van der Waals surface area contributed by atoms with E-state index in [1.165, 1.54) is 51.4 Å². The summed E-state index contributed by atoms with van der Waals surface area (Å²) in [7, 11) is 0. The zero-order valence-corrected chi connectivity index (χ0v) is 36.1. The van der Waals surface area contributed by atoms with Crippen LogP contribution in [0.25, 0.3) is 0 Å². The normalized spacial score (nSPS) is 6.15. The summed E-state index contributed by atoms with van der Waals surface area (Å²) in [5.41, 5.74) is 0. The molecule has 0 rings (SSSR count). The van der Waals surface area contributed by atoms with Crippen molar-refractivity contribution in [3.63, 3.8) is 0 Å². The van der Waals surface area contributed by atoms with Crippen molar-refractivity contribution in [3.05, 3.63) is 55.4 Å². The molecule has 0 heterocycles. The minimum Gasteiger partial charge on any atom is -0.343 e. The predicted molar refractivity (Wildman–Crippen MR) is 191 cm³/mol. The van der Waals surface area contributed by atoms with Crippen molar-refractivity contribution >= 4 is 49.6 Å². The van der Waals surface area contributed by atoms with Crippen LogP contribution >= 0.6 is 49.6 Å². The van der Waals surface area contributed by atoms with Gasteiger partial charge in [-0.15, -0.1) is 49.6 Å². The predicted octanol–water partition coefficient (Wildman–Crippen LogP) is 14.6. The molecule has 0 aromatic rings. The fraction of sp³-hybridized carbons (Fsp3) is 0.750. The second-order valence-corrected chi connectivity index (χ2v) is 6.83. The summed E-state index contributed by atoms with van der Waals surface area (Å²) in [6.45, 7) is 45.8. The maximum Gasteiger partial charge on any atom is 4.00 e. The molecule has 0 saturated heterocycles. The molecule has 0 aromatic heterocycles. The van der Waals surface area contributed by atoms with Gasteiger partial charge in [-0.3, -0.25) is 0 Å². The molecule has 0 saturated carbocycles. The Labute approximate surface area is 325 Å². The molecule has 0 aliphatic heterocycles. The minimum atomic E-state index is 0. The molecular formula is C32H76Cl4Ti3. The summed E-state index contributed by atoms with van der Waals surface area (Å²) in [4.78, 5) is 0. The molecule has 0 aromatic carbocycles. The van der Waals surface area contributed by atoms with Crippen LogP contribution in [-0.2, 0) is 65.2 Å². The van der Waals surface area contributed by atoms with Crippen molar-refractivity contribution < 1.29 is 65.2 Å². The molecule has 0 atom stereocenters. The van der Waals surface area contributed by atoms with E-state index in [1.807, 2.05) is 0 Å². The van der Waals surface area contributed by atoms with Gasteiger partial charge in [-0.25, -0.2) is 0 Å². The molecule has 0 radical (unpaired) electrons. The standard InChI is InChI=1S/8C4H9.4ClH.3Ti/c8*1-3-4-2;;;;;;;/h8*1,3-4H2,2H3;4*1H;;;/q8*-1;;;;;;2*+4. The van der Waals surface area contributed by atoms with Gasteiger partial charge in [0.15, 0.2) is 0 Å². The topological polar surface area (TPSA) is 0 Å². The number of rotatable bonds is 8. The van der Waals surface area contributed by atoms with Gasteiger partial charge in [-0.1, -0.05) is 107 Å². The van der Waals surface area contributed by atoms with Crippen LogP contribution in [0.5, 0.6) is 0 Å². The van der Waals surface area contributed by atoms with Gasteiger partial charge in [0.2, 0.25) is 0 Å². The van der Waals surface area contributed by atoms with Gasteiger partial charge in [0.1, 0.15) is 0 Å². The average Bonchev–Trinajstić information content (AvgIpc) is 2.89. The van der Waals surface area contributed by atoms with E-state index in [-0.39, 0.29) is 115 Å². The minimum absolute atomic E-state index is 0. The van der Waals surface area contributed by atoms with E-state index in [0.29, 0.717) is 0 Å². The van der Waals surface area contributed by atoms with Crippen LogP contribution in [0.3, 0.4) is 0 Å². The summed E-state index contributed by atoms with van der Waals surface area (Å²) in [5.74, 6) is 0. The first-order chi connectivity index (χ1) is 15.3. The van der Waals surface area contributed by atoms with E-state index in [1.54, 1.807) is 0 Å². The van der Waals surface area contributed by atoms with Crippen molar-refractivity contribution in [2.75, 3.05) is 0 Å². The van der Waals surface area contributed by atoms with Gasteiger partial charge in [-0.2, -0.15) is 51.4 Å². The van der Waals surface area contributed by atoms with Crippen molar-refractivity contribution in [1.82, 2.24) is 0 Å². The first-order valence-electron chi connectivity index (χ1n) is 13.7. The zero-order valence-electron chi connectivity index (χ0n) is 28.1. The summed E-state index contributed by atoms with van der Waals surface area (Å²) < 4.78 is 0. The maximum absolute atomic E-state index is 3.60. The molecule has 0 N–H and O–H groups in total. The summed E-state index contributed by atoms with van der Waals surface area (Å²) in [6.07, 6.45) is 18.2. The molecule has 244 valence electrons. The monoisotopic (exact) mass is 744 g/mol. The van der Waals surface area contributed by atoms with E-state index < -0.39 is 0 Å². The third kappa shape index (κ3) is 499. The van der Waals surface area contributed by atoms with Gasteiger partial charge in [0.05, 0.1) is 0 Å². The Hall–Kier alpha value is 3.30. The Bertz CT molecular complexity index is 97.4. The Balaban J connectivity index is -0.0000000127. The first-order valence-corrected chi connectivity index (χ1v) is 13.7. The quantitative estimate of drug-likeness (QED) is 0.171. The van der Waals surface area contributed by atoms with Crippen LogP contribution in [0.1, 0.15) is 158 Å². The van der Waals surface area contributed by atoms with Gasteiger partial charge < -0.3 is 55.4 Å². The Morgan fingerprint density at radius 1 is 0.256 bits per heavy atom. The van der Waals surface area contributed by atoms with E-state index in [0.717, 1.165) is 51.4 Å². The van der Waals surface area contributed by atoms with Crippen LogP contribution in [0.15, 0.2) is 0 Å². The molecular weight excluding hydrogens is 670 g/mol. The zero-order chi connectivity index (χ0) is 27.3. The number of unbranched alkanes of at least 4 members (excludes halogenated alkanes) is 8. The fourth-order valence-electron chi connectivity index (χ4n) is 0. The number of hydrogen-bond acceptors (Lipinski definition) is 0. The molecule has 0 spiro atoms. The summed E-state index contributed by atoms with van der Waals surface area (Å²) in [6, 6.07) is 0. The van der Waals surface area contributed by atoms with E-state index in [9.17, 15) is 0 Å². The largest absolute Gasteiger partial charge is 4.00 e. The Morgan fingerprint density at radius 2 is 0.282 bits per heavy atom. The van der Waals surface area contributed by atoms with Crippen LogP contribution in [0.2, 0.25) is 0 Å². The van der Waals surface area contributed by atoms with Crippen LogP contribution in [0, 0.1) is 55.4 Å². The fourth-order valence-corrected chi connectivity index (χ4v) is 0. The van der Waals surface area contributed by atoms with Gasteiger partial charge >= 0.3 is 43.4 Å². The molecule has 0 fully saturated rings. The third-order valence-corrected chi connectivity index (χ3v) is 2.83. The number of hydrogen-bond donors (Lipinski definition) is 0.